The number of rotatable bonds is 2. The average Bonchev–Trinajstić information content (AvgIpc) is 2.76. The van der Waals surface area contributed by atoms with Crippen LogP contribution < -0.4 is 0 Å². The third-order valence-corrected chi connectivity index (χ3v) is 3.40. The molecular formula is C11H23NO2. The predicted octanol–water partition coefficient (Wildman–Crippen LogP) is 1.26. The number of hydrogen-bond acceptors (Lipinski definition) is 3. The van der Waals surface area contributed by atoms with Crippen molar-refractivity contribution < 1.29 is 9.84 Å². The van der Waals surface area contributed by atoms with Gasteiger partial charge in [0.1, 0.15) is 0 Å². The maximum atomic E-state index is 9.34. The number of hydrogen-bond donors (Lipinski definition) is 1. The van der Waals surface area contributed by atoms with Gasteiger partial charge < -0.3 is 9.84 Å². The second kappa shape index (κ2) is 5.10. The van der Waals surface area contributed by atoms with E-state index in [1.165, 1.54) is 6.42 Å². The Kier molecular flexibility index (Phi) is 4.35. The van der Waals surface area contributed by atoms with Crippen LogP contribution in [-0.2, 0) is 4.74 Å². The molecule has 3 heteroatoms. The topological polar surface area (TPSA) is 32.7 Å². The van der Waals surface area contributed by atoms with E-state index in [1.54, 1.807) is 7.11 Å². The van der Waals surface area contributed by atoms with E-state index in [4.69, 9.17) is 4.74 Å². The molecule has 2 rings (SSSR count). The lowest BCUT2D eigenvalue weighted by atomic mass is 9.94. The molecule has 0 aromatic carbocycles. The van der Waals surface area contributed by atoms with E-state index in [9.17, 15) is 5.11 Å². The largest absolute Gasteiger partial charge is 0.394 e. The summed E-state index contributed by atoms with van der Waals surface area (Å²) in [4.78, 5) is 2.39. The van der Waals surface area contributed by atoms with E-state index in [0.29, 0.717) is 12.7 Å². The highest BCUT2D eigenvalue weighted by atomic mass is 16.5. The van der Waals surface area contributed by atoms with Crippen LogP contribution in [0.4, 0.5) is 0 Å². The lowest BCUT2D eigenvalue weighted by molar-refractivity contribution is 0.0944. The van der Waals surface area contributed by atoms with Crippen molar-refractivity contribution in [2.75, 3.05) is 26.8 Å². The fraction of sp³-hybridized carbons (Fsp3) is 1.00. The molecule has 0 bridgehead atoms. The molecule has 2 aliphatic rings. The molecule has 2 heterocycles. The molecule has 2 atom stereocenters. The summed E-state index contributed by atoms with van der Waals surface area (Å²) in [5, 5.41) is 9.34. The van der Waals surface area contributed by atoms with Gasteiger partial charge in [-0.2, -0.15) is 0 Å². The van der Waals surface area contributed by atoms with E-state index in [2.05, 4.69) is 4.90 Å². The van der Waals surface area contributed by atoms with Crippen LogP contribution >= 0.6 is 0 Å². The summed E-state index contributed by atoms with van der Waals surface area (Å²) in [6, 6.07) is 0. The molecule has 0 spiro atoms. The highest BCUT2D eigenvalue weighted by Gasteiger charge is 2.47. The number of methoxy groups -OCH3 is 1. The fourth-order valence-corrected chi connectivity index (χ4v) is 2.65. The molecule has 2 saturated heterocycles. The highest BCUT2D eigenvalue weighted by Crippen LogP contribution is 2.39. The predicted molar refractivity (Wildman–Crippen MR) is 57.4 cm³/mol. The smallest absolute Gasteiger partial charge is 0.0716 e. The lowest BCUT2D eigenvalue weighted by Crippen LogP contribution is -2.41. The van der Waals surface area contributed by atoms with Crippen molar-refractivity contribution in [1.29, 1.82) is 0 Å². The summed E-state index contributed by atoms with van der Waals surface area (Å²) in [5.41, 5.74) is 0.0840. The second-order valence-corrected chi connectivity index (χ2v) is 3.99. The Morgan fingerprint density at radius 3 is 2.71 bits per heavy atom. The van der Waals surface area contributed by atoms with Crippen molar-refractivity contribution in [3.63, 3.8) is 0 Å². The standard InChI is InChI=1S/C9H17NO2.C2H6/c1-12-8-5-9(7-11)3-2-4-10(9)6-8;1-2/h8,11H,2-7H2,1H3;1-2H3/t8-,9+;/m1./s1. The Balaban J connectivity index is 0.000000461. The molecule has 0 unspecified atom stereocenters. The highest BCUT2D eigenvalue weighted by molar-refractivity contribution is 5.03. The Morgan fingerprint density at radius 2 is 2.21 bits per heavy atom. The molecule has 84 valence electrons. The zero-order valence-corrected chi connectivity index (χ0v) is 9.62. The maximum Gasteiger partial charge on any atom is 0.0716 e. The quantitative estimate of drug-likeness (QED) is 0.730. The van der Waals surface area contributed by atoms with Crippen LogP contribution in [0.2, 0.25) is 0 Å². The van der Waals surface area contributed by atoms with Gasteiger partial charge in [-0.05, 0) is 25.8 Å². The molecule has 14 heavy (non-hydrogen) atoms. The third kappa shape index (κ3) is 1.95. The van der Waals surface area contributed by atoms with Crippen LogP contribution in [0, 0.1) is 0 Å². The van der Waals surface area contributed by atoms with Gasteiger partial charge in [0.25, 0.3) is 0 Å². The van der Waals surface area contributed by atoms with Crippen molar-refractivity contribution in [3.8, 4) is 0 Å². The van der Waals surface area contributed by atoms with Crippen molar-refractivity contribution in [2.45, 2.75) is 44.8 Å². The molecule has 0 radical (unpaired) electrons. The summed E-state index contributed by atoms with van der Waals surface area (Å²) < 4.78 is 5.32. The second-order valence-electron chi connectivity index (χ2n) is 3.99. The first-order valence-electron chi connectivity index (χ1n) is 5.69. The van der Waals surface area contributed by atoms with Gasteiger partial charge in [0.15, 0.2) is 0 Å². The number of ether oxygens (including phenoxy) is 1. The third-order valence-electron chi connectivity index (χ3n) is 3.40. The van der Waals surface area contributed by atoms with Crippen molar-refractivity contribution in [1.82, 2.24) is 4.90 Å². The van der Waals surface area contributed by atoms with Gasteiger partial charge in [-0.3, -0.25) is 4.90 Å². The molecule has 0 aromatic heterocycles. The first-order chi connectivity index (χ1) is 6.80. The number of aliphatic hydroxyl groups is 1. The van der Waals surface area contributed by atoms with Gasteiger partial charge in [-0.25, -0.2) is 0 Å². The van der Waals surface area contributed by atoms with E-state index in [0.717, 1.165) is 25.9 Å². The van der Waals surface area contributed by atoms with Crippen LogP contribution in [0.25, 0.3) is 0 Å². The van der Waals surface area contributed by atoms with Gasteiger partial charge in [0.2, 0.25) is 0 Å². The first-order valence-corrected chi connectivity index (χ1v) is 5.69. The van der Waals surface area contributed by atoms with Crippen LogP contribution in [0.15, 0.2) is 0 Å². The van der Waals surface area contributed by atoms with Gasteiger partial charge >= 0.3 is 0 Å². The summed E-state index contributed by atoms with van der Waals surface area (Å²) >= 11 is 0. The van der Waals surface area contributed by atoms with Crippen molar-refractivity contribution in [3.05, 3.63) is 0 Å². The molecule has 2 aliphatic heterocycles. The summed E-state index contributed by atoms with van der Waals surface area (Å²) in [6.45, 7) is 6.45. The fourth-order valence-electron chi connectivity index (χ4n) is 2.65. The normalized spacial score (nSPS) is 36.4. The SMILES string of the molecule is CC.CO[C@H]1CN2CCC[C@@]2(CO)C1. The van der Waals surface area contributed by atoms with E-state index < -0.39 is 0 Å². The molecular weight excluding hydrogens is 178 g/mol. The first kappa shape index (κ1) is 12.0. The molecule has 0 aromatic rings. The minimum atomic E-state index is 0.0840. The zero-order chi connectivity index (χ0) is 10.6. The van der Waals surface area contributed by atoms with E-state index in [1.807, 2.05) is 13.8 Å². The zero-order valence-electron chi connectivity index (χ0n) is 9.62. The molecule has 2 fully saturated rings. The van der Waals surface area contributed by atoms with Crippen LogP contribution in [0.3, 0.4) is 0 Å². The Morgan fingerprint density at radius 1 is 1.50 bits per heavy atom. The Labute approximate surface area is 87.1 Å². The monoisotopic (exact) mass is 201 g/mol. The van der Waals surface area contributed by atoms with Crippen LogP contribution in [0.1, 0.15) is 33.1 Å². The maximum absolute atomic E-state index is 9.34. The Bertz CT molecular complexity index is 175. The lowest BCUT2D eigenvalue weighted by Gasteiger charge is -2.28. The molecule has 0 aliphatic carbocycles. The van der Waals surface area contributed by atoms with Gasteiger partial charge in [-0.1, -0.05) is 13.8 Å². The van der Waals surface area contributed by atoms with Crippen molar-refractivity contribution in [2.24, 2.45) is 0 Å². The average molecular weight is 201 g/mol. The molecule has 1 N–H and O–H groups in total. The molecule has 0 amide bonds. The van der Waals surface area contributed by atoms with Gasteiger partial charge in [-0.15, -0.1) is 0 Å². The molecule has 0 saturated carbocycles. The van der Waals surface area contributed by atoms with Gasteiger partial charge in [0, 0.05) is 19.2 Å². The van der Waals surface area contributed by atoms with E-state index in [-0.39, 0.29) is 5.54 Å². The van der Waals surface area contributed by atoms with Crippen LogP contribution in [-0.4, -0.2) is 48.5 Å². The van der Waals surface area contributed by atoms with E-state index >= 15 is 0 Å². The number of fused-ring (bicyclic) bond motifs is 1. The van der Waals surface area contributed by atoms with Gasteiger partial charge in [0.05, 0.1) is 12.7 Å². The number of nitrogens with zero attached hydrogens (tertiary/aromatic N) is 1. The number of aliphatic hydroxyl groups excluding tert-OH is 1. The minimum absolute atomic E-state index is 0.0840. The molecule has 3 nitrogen and oxygen atoms in total. The van der Waals surface area contributed by atoms with Crippen molar-refractivity contribution >= 4 is 0 Å². The minimum Gasteiger partial charge on any atom is -0.394 e. The van der Waals surface area contributed by atoms with Crippen LogP contribution in [0.5, 0.6) is 0 Å². The Hall–Kier alpha value is -0.120. The summed E-state index contributed by atoms with van der Waals surface area (Å²) in [6.07, 6.45) is 3.73. The summed E-state index contributed by atoms with van der Waals surface area (Å²) in [7, 11) is 1.76. The summed E-state index contributed by atoms with van der Waals surface area (Å²) in [5.74, 6) is 0.